The van der Waals surface area contributed by atoms with Crippen LogP contribution in [0.2, 0.25) is 0 Å². The van der Waals surface area contributed by atoms with Crippen LogP contribution in [0, 0.1) is 0 Å². The van der Waals surface area contributed by atoms with Crippen LogP contribution in [-0.2, 0) is 14.6 Å². The zero-order valence-electron chi connectivity index (χ0n) is 12.8. The van der Waals surface area contributed by atoms with E-state index < -0.39 is 32.4 Å². The van der Waals surface area contributed by atoms with Crippen LogP contribution in [0.1, 0.15) is 6.92 Å². The minimum Gasteiger partial charge on any atom is -0.373 e. The van der Waals surface area contributed by atoms with Crippen molar-refractivity contribution in [1.29, 1.82) is 0 Å². The molecule has 1 unspecified atom stereocenters. The van der Waals surface area contributed by atoms with E-state index in [4.69, 9.17) is 0 Å². The summed E-state index contributed by atoms with van der Waals surface area (Å²) in [6, 6.07) is 7.56. The third-order valence-electron chi connectivity index (χ3n) is 3.36. The smallest absolute Gasteiger partial charge is 0.373 e. The van der Waals surface area contributed by atoms with E-state index in [9.17, 15) is 31.5 Å². The topological polar surface area (TPSA) is 96.4 Å². The molecule has 0 aliphatic heterocycles. The maximum absolute atomic E-state index is 12.7. The third kappa shape index (κ3) is 3.64. The second-order valence-corrected chi connectivity index (χ2v) is 7.13. The fraction of sp³-hybridized carbons (Fsp3) is 0.200. The van der Waals surface area contributed by atoms with Crippen molar-refractivity contribution in [1.82, 2.24) is 4.98 Å². The van der Waals surface area contributed by atoms with E-state index in [0.29, 0.717) is 0 Å². The van der Waals surface area contributed by atoms with Crippen LogP contribution in [0.25, 0.3) is 0 Å². The van der Waals surface area contributed by atoms with Crippen LogP contribution >= 0.6 is 0 Å². The number of alkyl halides is 3. The quantitative estimate of drug-likeness (QED) is 0.855. The number of aliphatic hydroxyl groups is 1. The second-order valence-electron chi connectivity index (χ2n) is 5.21. The maximum atomic E-state index is 12.7. The van der Waals surface area contributed by atoms with E-state index >= 15 is 0 Å². The van der Waals surface area contributed by atoms with Crippen LogP contribution in [-0.4, -0.2) is 36.2 Å². The Morgan fingerprint density at radius 2 is 1.80 bits per heavy atom. The second kappa shape index (κ2) is 6.45. The average molecular weight is 374 g/mol. The molecule has 2 rings (SSSR count). The van der Waals surface area contributed by atoms with Crippen LogP contribution in [0.4, 0.5) is 18.9 Å². The Kier molecular flexibility index (Phi) is 4.87. The number of rotatable bonds is 4. The van der Waals surface area contributed by atoms with Gasteiger partial charge in [-0.2, -0.15) is 13.2 Å². The number of aromatic nitrogens is 1. The van der Waals surface area contributed by atoms with Gasteiger partial charge in [0, 0.05) is 12.4 Å². The molecule has 1 atom stereocenters. The minimum absolute atomic E-state index is 0.195. The summed E-state index contributed by atoms with van der Waals surface area (Å²) in [7, 11) is -4.14. The first kappa shape index (κ1) is 18.9. The summed E-state index contributed by atoms with van der Waals surface area (Å²) >= 11 is 0. The zero-order chi connectivity index (χ0) is 18.9. The first-order valence-electron chi connectivity index (χ1n) is 6.82. The lowest BCUT2D eigenvalue weighted by Crippen LogP contribution is -2.52. The number of nitrogens with one attached hydrogen (secondary N) is 1. The number of nitrogens with zero attached hydrogens (tertiary/aromatic N) is 1. The predicted octanol–water partition coefficient (Wildman–Crippen LogP) is 2.17. The average Bonchev–Trinajstić information content (AvgIpc) is 2.55. The molecular weight excluding hydrogens is 361 g/mol. The van der Waals surface area contributed by atoms with E-state index in [1.807, 2.05) is 5.32 Å². The molecule has 0 spiro atoms. The van der Waals surface area contributed by atoms with Crippen molar-refractivity contribution < 1.29 is 31.5 Å². The Morgan fingerprint density at radius 3 is 2.36 bits per heavy atom. The standard InChI is InChI=1S/C15H13F3N2O4S/c1-14(22,15(16,17)18)13(21)20-11-6-2-3-7-12(11)25(23,24)10-5-4-8-19-9-10/h2-9,22H,1H3,(H,20,21). The molecule has 2 N–H and O–H groups in total. The minimum atomic E-state index is -5.23. The van der Waals surface area contributed by atoms with Crippen molar-refractivity contribution in [2.24, 2.45) is 0 Å². The highest BCUT2D eigenvalue weighted by Crippen LogP contribution is 2.33. The summed E-state index contributed by atoms with van der Waals surface area (Å²) in [5.74, 6) is -1.80. The molecule has 10 heteroatoms. The SMILES string of the molecule is CC(O)(C(=O)Nc1ccccc1S(=O)(=O)c1cccnc1)C(F)(F)F. The Morgan fingerprint density at radius 1 is 1.16 bits per heavy atom. The third-order valence-corrected chi connectivity index (χ3v) is 5.16. The van der Waals surface area contributed by atoms with Gasteiger partial charge in [-0.05, 0) is 31.2 Å². The Bertz CT molecular complexity index is 881. The van der Waals surface area contributed by atoms with Crippen molar-refractivity contribution in [3.05, 3.63) is 48.8 Å². The number of anilines is 1. The highest BCUT2D eigenvalue weighted by molar-refractivity contribution is 7.91. The first-order chi connectivity index (χ1) is 11.5. The van der Waals surface area contributed by atoms with E-state index in [2.05, 4.69) is 4.98 Å². The summed E-state index contributed by atoms with van der Waals surface area (Å²) in [6.45, 7) is 0.278. The number of para-hydroxylation sites is 1. The van der Waals surface area contributed by atoms with Gasteiger partial charge in [-0.3, -0.25) is 9.78 Å². The number of sulfone groups is 1. The molecule has 0 aliphatic rings. The molecule has 6 nitrogen and oxygen atoms in total. The van der Waals surface area contributed by atoms with Gasteiger partial charge < -0.3 is 10.4 Å². The summed E-state index contributed by atoms with van der Waals surface area (Å²) in [5.41, 5.74) is -4.07. The van der Waals surface area contributed by atoms with Gasteiger partial charge in [0.1, 0.15) is 0 Å². The number of amides is 1. The monoisotopic (exact) mass is 374 g/mol. The fourth-order valence-electron chi connectivity index (χ4n) is 1.81. The van der Waals surface area contributed by atoms with Crippen molar-refractivity contribution in [3.63, 3.8) is 0 Å². The van der Waals surface area contributed by atoms with Crippen LogP contribution < -0.4 is 5.32 Å². The fourth-order valence-corrected chi connectivity index (χ4v) is 3.19. The summed E-state index contributed by atoms with van der Waals surface area (Å²) < 4.78 is 63.5. The Balaban J connectivity index is 2.45. The molecule has 134 valence electrons. The highest BCUT2D eigenvalue weighted by Gasteiger charge is 2.55. The lowest BCUT2D eigenvalue weighted by Gasteiger charge is -2.25. The lowest BCUT2D eigenvalue weighted by atomic mass is 10.1. The number of carbonyl (C=O) groups is 1. The van der Waals surface area contributed by atoms with Gasteiger partial charge in [0.25, 0.3) is 5.91 Å². The predicted molar refractivity (Wildman–Crippen MR) is 81.4 cm³/mol. The molecule has 0 bridgehead atoms. The number of hydrogen-bond donors (Lipinski definition) is 2. The van der Waals surface area contributed by atoms with Gasteiger partial charge in [0.05, 0.1) is 15.5 Å². The van der Waals surface area contributed by atoms with Gasteiger partial charge in [-0.15, -0.1) is 0 Å². The molecule has 25 heavy (non-hydrogen) atoms. The van der Waals surface area contributed by atoms with Gasteiger partial charge in [-0.25, -0.2) is 8.42 Å². The summed E-state index contributed by atoms with van der Waals surface area (Å²) in [4.78, 5) is 14.9. The molecule has 0 radical (unpaired) electrons. The summed E-state index contributed by atoms with van der Waals surface area (Å²) in [5, 5.41) is 11.2. The molecule has 1 aromatic heterocycles. The molecule has 0 fully saturated rings. The Hall–Kier alpha value is -2.46. The number of hydrogen-bond acceptors (Lipinski definition) is 5. The van der Waals surface area contributed by atoms with Crippen molar-refractivity contribution in [3.8, 4) is 0 Å². The van der Waals surface area contributed by atoms with Gasteiger partial charge in [-0.1, -0.05) is 12.1 Å². The van der Waals surface area contributed by atoms with E-state index in [1.165, 1.54) is 30.5 Å². The van der Waals surface area contributed by atoms with E-state index in [0.717, 1.165) is 18.3 Å². The van der Waals surface area contributed by atoms with Crippen molar-refractivity contribution >= 4 is 21.4 Å². The normalized spacial score (nSPS) is 14.6. The van der Waals surface area contributed by atoms with Crippen LogP contribution in [0.5, 0.6) is 0 Å². The highest BCUT2D eigenvalue weighted by atomic mass is 32.2. The maximum Gasteiger partial charge on any atom is 0.426 e. The molecule has 0 aliphatic carbocycles. The molecule has 1 heterocycles. The lowest BCUT2D eigenvalue weighted by molar-refractivity contribution is -0.242. The number of carbonyl (C=O) groups excluding carboxylic acids is 1. The van der Waals surface area contributed by atoms with Crippen molar-refractivity contribution in [2.45, 2.75) is 28.5 Å². The molecule has 1 aromatic carbocycles. The van der Waals surface area contributed by atoms with E-state index in [1.54, 1.807) is 0 Å². The summed E-state index contributed by atoms with van der Waals surface area (Å²) in [6.07, 6.45) is -2.80. The number of pyridine rings is 1. The molecular formula is C15H13F3N2O4S. The van der Waals surface area contributed by atoms with Gasteiger partial charge in [0.15, 0.2) is 0 Å². The molecule has 2 aromatic rings. The first-order valence-corrected chi connectivity index (χ1v) is 8.31. The van der Waals surface area contributed by atoms with Gasteiger partial charge >= 0.3 is 6.18 Å². The molecule has 0 saturated carbocycles. The van der Waals surface area contributed by atoms with Crippen LogP contribution in [0.15, 0.2) is 58.6 Å². The zero-order valence-corrected chi connectivity index (χ0v) is 13.6. The Labute approximate surface area is 141 Å². The van der Waals surface area contributed by atoms with Gasteiger partial charge in [0.2, 0.25) is 15.4 Å². The molecule has 1 amide bonds. The largest absolute Gasteiger partial charge is 0.426 e. The molecule has 0 saturated heterocycles. The number of halogens is 3. The van der Waals surface area contributed by atoms with E-state index in [-0.39, 0.29) is 17.5 Å². The number of benzene rings is 1. The van der Waals surface area contributed by atoms with Crippen LogP contribution in [0.3, 0.4) is 0 Å². The van der Waals surface area contributed by atoms with Crippen molar-refractivity contribution in [2.75, 3.05) is 5.32 Å².